The van der Waals surface area contributed by atoms with Crippen molar-refractivity contribution in [3.8, 4) is 0 Å². The van der Waals surface area contributed by atoms with Gasteiger partial charge in [-0.2, -0.15) is 9.41 Å². The van der Waals surface area contributed by atoms with Crippen LogP contribution in [-0.2, 0) is 21.4 Å². The van der Waals surface area contributed by atoms with E-state index in [4.69, 9.17) is 0 Å². The standard InChI is InChI=1S/C21H26BrN3O3S/c1-3-4-8-17(2)23-24-21(26)16-25(15-18-9-6-5-7-10-18)29(27,28)20-13-11-19(22)12-14-20/h5-7,9-14H,3-4,8,15-16H2,1-2H3,(H,24,26)/b23-17-. The first-order valence-electron chi connectivity index (χ1n) is 9.44. The van der Waals surface area contributed by atoms with Gasteiger partial charge < -0.3 is 0 Å². The zero-order valence-corrected chi connectivity index (χ0v) is 19.0. The summed E-state index contributed by atoms with van der Waals surface area (Å²) in [6.45, 7) is 3.69. The molecule has 0 aliphatic carbocycles. The third-order valence-corrected chi connectivity index (χ3v) is 6.57. The second-order valence-corrected chi connectivity index (χ2v) is 9.55. The summed E-state index contributed by atoms with van der Waals surface area (Å²) in [4.78, 5) is 12.6. The number of hydrazone groups is 1. The highest BCUT2D eigenvalue weighted by molar-refractivity contribution is 9.10. The van der Waals surface area contributed by atoms with Crippen LogP contribution in [0.3, 0.4) is 0 Å². The van der Waals surface area contributed by atoms with E-state index in [-0.39, 0.29) is 18.0 Å². The number of halogens is 1. The lowest BCUT2D eigenvalue weighted by Crippen LogP contribution is -2.39. The van der Waals surface area contributed by atoms with Crippen LogP contribution >= 0.6 is 15.9 Å². The summed E-state index contributed by atoms with van der Waals surface area (Å²) in [6, 6.07) is 15.5. The molecule has 0 saturated heterocycles. The number of unbranched alkanes of at least 4 members (excludes halogenated alkanes) is 1. The summed E-state index contributed by atoms with van der Waals surface area (Å²) in [5, 5.41) is 4.08. The van der Waals surface area contributed by atoms with Gasteiger partial charge in [-0.05, 0) is 49.6 Å². The van der Waals surface area contributed by atoms with Crippen molar-refractivity contribution in [2.75, 3.05) is 6.54 Å². The molecule has 0 radical (unpaired) electrons. The van der Waals surface area contributed by atoms with E-state index in [2.05, 4.69) is 33.4 Å². The van der Waals surface area contributed by atoms with E-state index >= 15 is 0 Å². The van der Waals surface area contributed by atoms with Crippen molar-refractivity contribution < 1.29 is 13.2 Å². The number of rotatable bonds is 10. The van der Waals surface area contributed by atoms with Crippen LogP contribution in [0, 0.1) is 0 Å². The number of nitrogens with zero attached hydrogens (tertiary/aromatic N) is 2. The maximum absolute atomic E-state index is 13.2. The van der Waals surface area contributed by atoms with Gasteiger partial charge in [-0.1, -0.05) is 59.6 Å². The fourth-order valence-electron chi connectivity index (χ4n) is 2.61. The highest BCUT2D eigenvalue weighted by atomic mass is 79.9. The third-order valence-electron chi connectivity index (χ3n) is 4.24. The van der Waals surface area contributed by atoms with E-state index in [1.807, 2.05) is 37.3 Å². The molecule has 6 nitrogen and oxygen atoms in total. The average Bonchev–Trinajstić information content (AvgIpc) is 2.71. The topological polar surface area (TPSA) is 78.8 Å². The van der Waals surface area contributed by atoms with Crippen LogP contribution in [0.4, 0.5) is 0 Å². The number of sulfonamides is 1. The maximum Gasteiger partial charge on any atom is 0.255 e. The number of nitrogens with one attached hydrogen (secondary N) is 1. The molecule has 0 bridgehead atoms. The minimum atomic E-state index is -3.86. The molecule has 1 amide bonds. The molecular weight excluding hydrogens is 454 g/mol. The lowest BCUT2D eigenvalue weighted by Gasteiger charge is -2.21. The molecule has 0 fully saturated rings. The van der Waals surface area contributed by atoms with E-state index in [1.54, 1.807) is 12.1 Å². The number of benzene rings is 2. The van der Waals surface area contributed by atoms with E-state index in [0.29, 0.717) is 0 Å². The molecule has 0 saturated carbocycles. The molecule has 0 heterocycles. The van der Waals surface area contributed by atoms with Crippen molar-refractivity contribution in [1.82, 2.24) is 9.73 Å². The lowest BCUT2D eigenvalue weighted by atomic mass is 10.2. The van der Waals surface area contributed by atoms with Crippen molar-refractivity contribution in [3.05, 3.63) is 64.6 Å². The SMILES string of the molecule is CCCC/C(C)=N\NC(=O)CN(Cc1ccccc1)S(=O)(=O)c1ccc(Br)cc1. The van der Waals surface area contributed by atoms with Gasteiger partial charge in [0.25, 0.3) is 5.91 Å². The first kappa shape index (κ1) is 23.3. The van der Waals surface area contributed by atoms with E-state index < -0.39 is 15.9 Å². The molecule has 0 aliphatic heterocycles. The second-order valence-electron chi connectivity index (χ2n) is 6.70. The Morgan fingerprint density at radius 3 is 2.38 bits per heavy atom. The van der Waals surface area contributed by atoms with Crippen LogP contribution in [-0.4, -0.2) is 30.9 Å². The van der Waals surface area contributed by atoms with Crippen LogP contribution in [0.1, 0.15) is 38.7 Å². The molecule has 1 N–H and O–H groups in total. The highest BCUT2D eigenvalue weighted by Crippen LogP contribution is 2.20. The normalized spacial score (nSPS) is 12.2. The maximum atomic E-state index is 13.2. The van der Waals surface area contributed by atoms with Gasteiger partial charge in [-0.25, -0.2) is 13.8 Å². The summed E-state index contributed by atoms with van der Waals surface area (Å²) in [7, 11) is -3.86. The predicted octanol–water partition coefficient (Wildman–Crippen LogP) is 4.32. The van der Waals surface area contributed by atoms with Gasteiger partial charge in [0.15, 0.2) is 0 Å². The molecule has 0 unspecified atom stereocenters. The molecule has 0 spiro atoms. The molecule has 2 aromatic rings. The van der Waals surface area contributed by atoms with Crippen molar-refractivity contribution >= 4 is 37.6 Å². The smallest absolute Gasteiger partial charge is 0.255 e. The van der Waals surface area contributed by atoms with Gasteiger partial charge in [-0.3, -0.25) is 4.79 Å². The van der Waals surface area contributed by atoms with Gasteiger partial charge in [0.2, 0.25) is 10.0 Å². The Balaban J connectivity index is 2.21. The second kappa shape index (κ2) is 11.2. The van der Waals surface area contributed by atoms with Gasteiger partial charge in [0.05, 0.1) is 11.4 Å². The van der Waals surface area contributed by atoms with E-state index in [9.17, 15) is 13.2 Å². The molecule has 2 rings (SSSR count). The first-order valence-corrected chi connectivity index (χ1v) is 11.7. The Hall–Kier alpha value is -2.03. The van der Waals surface area contributed by atoms with Crippen LogP contribution in [0.5, 0.6) is 0 Å². The van der Waals surface area contributed by atoms with E-state index in [1.165, 1.54) is 12.1 Å². The largest absolute Gasteiger partial charge is 0.272 e. The van der Waals surface area contributed by atoms with Gasteiger partial charge in [0, 0.05) is 16.7 Å². The Morgan fingerprint density at radius 2 is 1.76 bits per heavy atom. The Labute approximate surface area is 181 Å². The molecule has 29 heavy (non-hydrogen) atoms. The predicted molar refractivity (Wildman–Crippen MR) is 119 cm³/mol. The van der Waals surface area contributed by atoms with E-state index in [0.717, 1.165) is 39.3 Å². The minimum Gasteiger partial charge on any atom is -0.272 e. The first-order chi connectivity index (χ1) is 13.8. The zero-order valence-electron chi connectivity index (χ0n) is 16.6. The zero-order chi connectivity index (χ0) is 21.3. The quantitative estimate of drug-likeness (QED) is 0.406. The molecule has 0 aromatic heterocycles. The van der Waals surface area contributed by atoms with Gasteiger partial charge >= 0.3 is 0 Å². The summed E-state index contributed by atoms with van der Waals surface area (Å²) >= 11 is 3.31. The molecular formula is C21H26BrN3O3S. The van der Waals surface area contributed by atoms with Crippen LogP contribution in [0.2, 0.25) is 0 Å². The lowest BCUT2D eigenvalue weighted by molar-refractivity contribution is -0.121. The molecule has 0 aliphatic rings. The molecule has 156 valence electrons. The number of hydrogen-bond donors (Lipinski definition) is 1. The van der Waals surface area contributed by atoms with Gasteiger partial charge in [-0.15, -0.1) is 0 Å². The monoisotopic (exact) mass is 479 g/mol. The van der Waals surface area contributed by atoms with Gasteiger partial charge in [0.1, 0.15) is 0 Å². The minimum absolute atomic E-state index is 0.0885. The summed E-state index contributed by atoms with van der Waals surface area (Å²) in [5.41, 5.74) is 4.08. The Morgan fingerprint density at radius 1 is 1.10 bits per heavy atom. The van der Waals surface area contributed by atoms with Crippen molar-refractivity contribution in [2.24, 2.45) is 5.10 Å². The van der Waals surface area contributed by atoms with Crippen LogP contribution in [0.25, 0.3) is 0 Å². The van der Waals surface area contributed by atoms with Crippen molar-refractivity contribution in [3.63, 3.8) is 0 Å². The number of amides is 1. The number of carbonyl (C=O) groups excluding carboxylic acids is 1. The van der Waals surface area contributed by atoms with Crippen LogP contribution < -0.4 is 5.43 Å². The summed E-state index contributed by atoms with van der Waals surface area (Å²) < 4.78 is 28.3. The third kappa shape index (κ3) is 7.38. The van der Waals surface area contributed by atoms with Crippen molar-refractivity contribution in [2.45, 2.75) is 44.6 Å². The van der Waals surface area contributed by atoms with Crippen molar-refractivity contribution in [1.29, 1.82) is 0 Å². The highest BCUT2D eigenvalue weighted by Gasteiger charge is 2.27. The fourth-order valence-corrected chi connectivity index (χ4v) is 4.26. The summed E-state index contributed by atoms with van der Waals surface area (Å²) in [6.07, 6.45) is 2.82. The molecule has 8 heteroatoms. The summed E-state index contributed by atoms with van der Waals surface area (Å²) in [5.74, 6) is -0.475. The number of carbonyl (C=O) groups is 1. The molecule has 0 atom stereocenters. The molecule has 2 aromatic carbocycles. The average molecular weight is 480 g/mol. The van der Waals surface area contributed by atoms with Crippen LogP contribution in [0.15, 0.2) is 69.1 Å². The number of hydrogen-bond acceptors (Lipinski definition) is 4. The Bertz CT molecular complexity index is 929. The Kier molecular flexibility index (Phi) is 9.00. The fraction of sp³-hybridized carbons (Fsp3) is 0.333.